The number of nitrogens with zero attached hydrogens (tertiary/aromatic N) is 2. The van der Waals surface area contributed by atoms with Crippen LogP contribution >= 0.6 is 11.3 Å². The fourth-order valence-corrected chi connectivity index (χ4v) is 3.61. The molecule has 0 bridgehead atoms. The van der Waals surface area contributed by atoms with Crippen molar-refractivity contribution in [1.82, 2.24) is 9.97 Å². The van der Waals surface area contributed by atoms with Crippen molar-refractivity contribution in [2.45, 2.75) is 6.92 Å². The highest BCUT2D eigenvalue weighted by Gasteiger charge is 2.15. The average molecular weight is 348 g/mol. The van der Waals surface area contributed by atoms with Gasteiger partial charge in [-0.05, 0) is 42.3 Å². The molecule has 4 rings (SSSR count). The number of methoxy groups -OCH3 is 1. The Morgan fingerprint density at radius 3 is 2.56 bits per heavy atom. The number of hydrogen-bond donors (Lipinski definition) is 0. The lowest BCUT2D eigenvalue weighted by molar-refractivity contribution is 0.415. The van der Waals surface area contributed by atoms with Gasteiger partial charge in [0, 0.05) is 10.9 Å². The molecule has 0 aliphatic heterocycles. The van der Waals surface area contributed by atoms with Crippen molar-refractivity contribution >= 4 is 21.6 Å². The Hall–Kier alpha value is -2.92. The summed E-state index contributed by atoms with van der Waals surface area (Å²) in [6.45, 7) is 2.04. The van der Waals surface area contributed by atoms with Gasteiger partial charge in [-0.1, -0.05) is 24.3 Å². The van der Waals surface area contributed by atoms with E-state index in [0.717, 1.165) is 38.4 Å². The molecule has 0 atom stereocenters. The maximum atomic E-state index is 6.07. The summed E-state index contributed by atoms with van der Waals surface area (Å²) in [6.07, 6.45) is 1.54. The van der Waals surface area contributed by atoms with Crippen molar-refractivity contribution in [2.75, 3.05) is 7.11 Å². The average Bonchev–Trinajstić information content (AvgIpc) is 3.07. The summed E-state index contributed by atoms with van der Waals surface area (Å²) in [4.78, 5) is 9.66. The lowest BCUT2D eigenvalue weighted by Crippen LogP contribution is -1.91. The van der Waals surface area contributed by atoms with Crippen LogP contribution in [0.5, 0.6) is 17.4 Å². The Kier molecular flexibility index (Phi) is 4.07. The molecular weight excluding hydrogens is 332 g/mol. The number of aryl methyl sites for hydroxylation is 1. The van der Waals surface area contributed by atoms with Gasteiger partial charge in [-0.3, -0.25) is 0 Å². The van der Waals surface area contributed by atoms with Crippen LogP contribution in [0.4, 0.5) is 0 Å². The summed E-state index contributed by atoms with van der Waals surface area (Å²) in [7, 11) is 1.66. The molecular formula is C20H16N2O2S. The summed E-state index contributed by atoms with van der Waals surface area (Å²) in [6, 6.07) is 15.9. The van der Waals surface area contributed by atoms with E-state index in [4.69, 9.17) is 9.47 Å². The number of fused-ring (bicyclic) bond motifs is 1. The highest BCUT2D eigenvalue weighted by atomic mass is 32.1. The minimum Gasteiger partial charge on any atom is -0.497 e. The third kappa shape index (κ3) is 3.06. The third-order valence-corrected chi connectivity index (χ3v) is 4.83. The molecule has 0 spiro atoms. The van der Waals surface area contributed by atoms with Gasteiger partial charge >= 0.3 is 0 Å². The second-order valence-corrected chi connectivity index (χ2v) is 6.51. The first-order valence-corrected chi connectivity index (χ1v) is 8.74. The maximum absolute atomic E-state index is 6.07. The first kappa shape index (κ1) is 15.6. The Morgan fingerprint density at radius 1 is 0.960 bits per heavy atom. The van der Waals surface area contributed by atoms with Crippen molar-refractivity contribution in [3.63, 3.8) is 0 Å². The molecule has 0 saturated heterocycles. The maximum Gasteiger partial charge on any atom is 0.231 e. The third-order valence-electron chi connectivity index (χ3n) is 3.94. The first-order valence-electron chi connectivity index (χ1n) is 7.86. The number of benzene rings is 2. The van der Waals surface area contributed by atoms with Crippen LogP contribution in [0.1, 0.15) is 5.56 Å². The molecule has 0 radical (unpaired) electrons. The van der Waals surface area contributed by atoms with Gasteiger partial charge < -0.3 is 9.47 Å². The molecule has 2 aromatic carbocycles. The molecule has 0 unspecified atom stereocenters. The SMILES string of the molecule is COc1ccc(-c2csc3ncnc(Oc4cccc(C)c4)c23)cc1. The van der Waals surface area contributed by atoms with E-state index in [2.05, 4.69) is 15.3 Å². The second-order valence-electron chi connectivity index (χ2n) is 5.66. The molecule has 0 amide bonds. The summed E-state index contributed by atoms with van der Waals surface area (Å²) in [5.41, 5.74) is 3.28. The van der Waals surface area contributed by atoms with Crippen molar-refractivity contribution in [3.8, 4) is 28.5 Å². The van der Waals surface area contributed by atoms with E-state index < -0.39 is 0 Å². The number of ether oxygens (including phenoxy) is 2. The number of aromatic nitrogens is 2. The van der Waals surface area contributed by atoms with E-state index in [0.29, 0.717) is 5.88 Å². The Labute approximate surface area is 149 Å². The molecule has 0 fully saturated rings. The van der Waals surface area contributed by atoms with Crippen molar-refractivity contribution in [1.29, 1.82) is 0 Å². The number of thiophene rings is 1. The quantitative estimate of drug-likeness (QED) is 0.491. The lowest BCUT2D eigenvalue weighted by atomic mass is 10.1. The summed E-state index contributed by atoms with van der Waals surface area (Å²) in [5, 5.41) is 3.02. The van der Waals surface area contributed by atoms with Crippen LogP contribution in [0, 0.1) is 6.92 Å². The second kappa shape index (κ2) is 6.53. The Balaban J connectivity index is 1.81. The topological polar surface area (TPSA) is 44.2 Å². The van der Waals surface area contributed by atoms with Gasteiger partial charge in [0.15, 0.2) is 0 Å². The molecule has 5 heteroatoms. The largest absolute Gasteiger partial charge is 0.497 e. The Bertz CT molecular complexity index is 1030. The van der Waals surface area contributed by atoms with Crippen molar-refractivity contribution in [3.05, 3.63) is 65.8 Å². The minimum absolute atomic E-state index is 0.572. The van der Waals surface area contributed by atoms with Crippen LogP contribution in [-0.4, -0.2) is 17.1 Å². The monoisotopic (exact) mass is 348 g/mol. The van der Waals surface area contributed by atoms with Gasteiger partial charge in [0.2, 0.25) is 5.88 Å². The summed E-state index contributed by atoms with van der Waals surface area (Å²) < 4.78 is 11.3. The van der Waals surface area contributed by atoms with Crippen LogP contribution in [0.2, 0.25) is 0 Å². The molecule has 124 valence electrons. The normalized spacial score (nSPS) is 10.8. The van der Waals surface area contributed by atoms with Gasteiger partial charge in [-0.25, -0.2) is 9.97 Å². The molecule has 2 heterocycles. The van der Waals surface area contributed by atoms with E-state index in [1.165, 1.54) is 0 Å². The summed E-state index contributed by atoms with van der Waals surface area (Å²) >= 11 is 1.58. The molecule has 2 aromatic heterocycles. The van der Waals surface area contributed by atoms with E-state index in [1.807, 2.05) is 55.5 Å². The molecule has 0 saturated carbocycles. The predicted octanol–water partition coefficient (Wildman–Crippen LogP) is 5.47. The minimum atomic E-state index is 0.572. The van der Waals surface area contributed by atoms with E-state index >= 15 is 0 Å². The van der Waals surface area contributed by atoms with Crippen molar-refractivity contribution < 1.29 is 9.47 Å². The van der Waals surface area contributed by atoms with Gasteiger partial charge in [0.05, 0.1) is 12.5 Å². The van der Waals surface area contributed by atoms with E-state index in [1.54, 1.807) is 24.8 Å². The van der Waals surface area contributed by atoms with Crippen molar-refractivity contribution in [2.24, 2.45) is 0 Å². The number of rotatable bonds is 4. The zero-order valence-electron chi connectivity index (χ0n) is 13.9. The molecule has 4 aromatic rings. The van der Waals surface area contributed by atoms with E-state index in [9.17, 15) is 0 Å². The van der Waals surface area contributed by atoms with Crippen LogP contribution in [0.15, 0.2) is 60.2 Å². The molecule has 25 heavy (non-hydrogen) atoms. The van der Waals surface area contributed by atoms with Crippen LogP contribution in [-0.2, 0) is 0 Å². The van der Waals surface area contributed by atoms with Crippen LogP contribution in [0.3, 0.4) is 0 Å². The molecule has 0 aliphatic carbocycles. The standard InChI is InChI=1S/C20H16N2O2S/c1-13-4-3-5-16(10-13)24-19-18-17(11-25-20(18)22-12-21-19)14-6-8-15(23-2)9-7-14/h3-12H,1-2H3. The molecule has 0 N–H and O–H groups in total. The van der Waals surface area contributed by atoms with Crippen LogP contribution < -0.4 is 9.47 Å². The zero-order chi connectivity index (χ0) is 17.2. The fraction of sp³-hybridized carbons (Fsp3) is 0.100. The van der Waals surface area contributed by atoms with E-state index in [-0.39, 0.29) is 0 Å². The smallest absolute Gasteiger partial charge is 0.231 e. The zero-order valence-corrected chi connectivity index (χ0v) is 14.7. The Morgan fingerprint density at radius 2 is 1.80 bits per heavy atom. The molecule has 4 nitrogen and oxygen atoms in total. The first-order chi connectivity index (χ1) is 12.2. The highest BCUT2D eigenvalue weighted by molar-refractivity contribution is 7.17. The molecule has 0 aliphatic rings. The fourth-order valence-electron chi connectivity index (χ4n) is 2.70. The lowest BCUT2D eigenvalue weighted by Gasteiger charge is -2.08. The van der Waals surface area contributed by atoms with Gasteiger partial charge in [0.25, 0.3) is 0 Å². The number of hydrogen-bond acceptors (Lipinski definition) is 5. The van der Waals surface area contributed by atoms with Gasteiger partial charge in [-0.15, -0.1) is 11.3 Å². The summed E-state index contributed by atoms with van der Waals surface area (Å²) in [5.74, 6) is 2.17. The van der Waals surface area contributed by atoms with Gasteiger partial charge in [-0.2, -0.15) is 0 Å². The predicted molar refractivity (Wildman–Crippen MR) is 101 cm³/mol. The highest BCUT2D eigenvalue weighted by Crippen LogP contribution is 2.39. The van der Waals surface area contributed by atoms with Crippen LogP contribution in [0.25, 0.3) is 21.3 Å². The van der Waals surface area contributed by atoms with Gasteiger partial charge in [0.1, 0.15) is 22.7 Å².